The fourth-order valence-electron chi connectivity index (χ4n) is 2.93. The lowest BCUT2D eigenvalue weighted by atomic mass is 10.2. The molecule has 1 aromatic heterocycles. The zero-order valence-corrected chi connectivity index (χ0v) is 15.1. The summed E-state index contributed by atoms with van der Waals surface area (Å²) in [6.45, 7) is 3.54. The van der Waals surface area contributed by atoms with Gasteiger partial charge in [0, 0.05) is 23.5 Å². The van der Waals surface area contributed by atoms with Gasteiger partial charge in [-0.25, -0.2) is 13.2 Å². The third kappa shape index (κ3) is 3.56. The first kappa shape index (κ1) is 19.0. The average Bonchev–Trinajstić information content (AvgIpc) is 2.92. The second-order valence-electron chi connectivity index (χ2n) is 6.34. The normalized spacial score (nSPS) is 19.1. The van der Waals surface area contributed by atoms with Gasteiger partial charge in [-0.05, 0) is 31.1 Å². The number of hydrogen-bond acceptors (Lipinski definition) is 5. The fraction of sp³-hybridized carbons (Fsp3) is 0.278. The minimum absolute atomic E-state index is 0.0259. The maximum atomic E-state index is 13.9. The van der Waals surface area contributed by atoms with Gasteiger partial charge in [-0.15, -0.1) is 4.59 Å². The van der Waals surface area contributed by atoms with Crippen LogP contribution in [-0.2, 0) is 0 Å². The molecule has 0 saturated heterocycles. The predicted octanol–water partition coefficient (Wildman–Crippen LogP) is 3.23. The Kier molecular flexibility index (Phi) is 4.99. The molecular formula is C18H19F3N5O+. The van der Waals surface area contributed by atoms with E-state index in [0.717, 1.165) is 29.2 Å². The SMILES string of the molecule is Cc1cc([N+]2(C)N=C(Nc3ccc(F)c(F)c3F)N=C2CCO)cc(C)n1. The van der Waals surface area contributed by atoms with Crippen molar-refractivity contribution in [2.75, 3.05) is 19.0 Å². The number of halogens is 3. The number of benzene rings is 1. The van der Waals surface area contributed by atoms with Gasteiger partial charge >= 0.3 is 0 Å². The van der Waals surface area contributed by atoms with Gasteiger partial charge in [0.05, 0.1) is 18.7 Å². The number of pyridine rings is 1. The topological polar surface area (TPSA) is 69.9 Å². The highest BCUT2D eigenvalue weighted by atomic mass is 19.2. The monoisotopic (exact) mass is 378 g/mol. The predicted molar refractivity (Wildman–Crippen MR) is 97.9 cm³/mol. The summed E-state index contributed by atoms with van der Waals surface area (Å²) in [5.41, 5.74) is 2.05. The third-order valence-corrected chi connectivity index (χ3v) is 4.22. The van der Waals surface area contributed by atoms with Gasteiger partial charge in [-0.3, -0.25) is 4.98 Å². The van der Waals surface area contributed by atoms with Crippen LogP contribution in [0.4, 0.5) is 24.5 Å². The summed E-state index contributed by atoms with van der Waals surface area (Å²) in [6, 6.07) is 5.56. The second kappa shape index (κ2) is 7.09. The number of nitrogens with zero attached hydrogens (tertiary/aromatic N) is 4. The van der Waals surface area contributed by atoms with Crippen LogP contribution in [0.2, 0.25) is 0 Å². The van der Waals surface area contributed by atoms with Gasteiger partial charge in [0.2, 0.25) is 5.84 Å². The van der Waals surface area contributed by atoms with Crippen molar-refractivity contribution >= 4 is 23.2 Å². The zero-order chi connectivity index (χ0) is 19.8. The maximum Gasteiger partial charge on any atom is 0.286 e. The molecule has 1 unspecified atom stereocenters. The number of amidine groups is 1. The molecule has 2 N–H and O–H groups in total. The smallest absolute Gasteiger partial charge is 0.286 e. The minimum atomic E-state index is -1.57. The molecule has 0 amide bonds. The first-order valence-electron chi connectivity index (χ1n) is 8.26. The number of aliphatic imine (C=N–C) groups is 1. The zero-order valence-electron chi connectivity index (χ0n) is 15.1. The molecule has 1 aliphatic rings. The number of rotatable bonds is 4. The van der Waals surface area contributed by atoms with Crippen molar-refractivity contribution in [2.45, 2.75) is 20.3 Å². The van der Waals surface area contributed by atoms with Crippen LogP contribution in [0.1, 0.15) is 17.8 Å². The highest BCUT2D eigenvalue weighted by Gasteiger charge is 2.39. The summed E-state index contributed by atoms with van der Waals surface area (Å²) in [4.78, 5) is 8.65. The lowest BCUT2D eigenvalue weighted by molar-refractivity contribution is 0.302. The largest absolute Gasteiger partial charge is 0.396 e. The van der Waals surface area contributed by atoms with E-state index in [9.17, 15) is 18.3 Å². The Morgan fingerprint density at radius 2 is 1.74 bits per heavy atom. The molecule has 3 rings (SSSR count). The van der Waals surface area contributed by atoms with Crippen LogP contribution in [0, 0.1) is 31.3 Å². The molecule has 27 heavy (non-hydrogen) atoms. The average molecular weight is 378 g/mol. The number of aliphatic hydroxyl groups excluding tert-OH is 1. The molecule has 0 spiro atoms. The van der Waals surface area contributed by atoms with Crippen molar-refractivity contribution in [1.29, 1.82) is 0 Å². The molecule has 1 aromatic carbocycles. The third-order valence-electron chi connectivity index (χ3n) is 4.22. The maximum absolute atomic E-state index is 13.9. The molecule has 1 aliphatic heterocycles. The van der Waals surface area contributed by atoms with E-state index < -0.39 is 17.5 Å². The lowest BCUT2D eigenvalue weighted by Gasteiger charge is -2.24. The molecule has 1 atom stereocenters. The molecule has 0 fully saturated rings. The van der Waals surface area contributed by atoms with E-state index in [2.05, 4.69) is 20.4 Å². The highest BCUT2D eigenvalue weighted by molar-refractivity contribution is 6.10. The fourth-order valence-corrected chi connectivity index (χ4v) is 2.93. The Labute approximate surface area is 154 Å². The lowest BCUT2D eigenvalue weighted by Crippen LogP contribution is -2.44. The number of guanidine groups is 1. The number of hydrogen-bond donors (Lipinski definition) is 2. The minimum Gasteiger partial charge on any atom is -0.396 e. The van der Waals surface area contributed by atoms with Crippen LogP contribution < -0.4 is 9.91 Å². The molecule has 6 nitrogen and oxygen atoms in total. The van der Waals surface area contributed by atoms with E-state index in [-0.39, 0.29) is 29.3 Å². The van der Waals surface area contributed by atoms with E-state index in [4.69, 9.17) is 0 Å². The van der Waals surface area contributed by atoms with Gasteiger partial charge in [0.1, 0.15) is 7.05 Å². The summed E-state index contributed by atoms with van der Waals surface area (Å²) in [5.74, 6) is -3.67. The van der Waals surface area contributed by atoms with Crippen molar-refractivity contribution < 1.29 is 18.3 Å². The number of anilines is 1. The number of aryl methyl sites for hydroxylation is 2. The summed E-state index contributed by atoms with van der Waals surface area (Å²) >= 11 is 0. The Bertz CT molecular complexity index is 940. The van der Waals surface area contributed by atoms with Gasteiger partial charge < -0.3 is 10.4 Å². The summed E-state index contributed by atoms with van der Waals surface area (Å²) in [6.07, 6.45) is 0.228. The molecule has 2 heterocycles. The van der Waals surface area contributed by atoms with Crippen molar-refractivity contribution in [2.24, 2.45) is 10.1 Å². The number of nitrogens with one attached hydrogen (secondary N) is 1. The Morgan fingerprint density at radius 1 is 1.07 bits per heavy atom. The molecule has 0 bridgehead atoms. The summed E-state index contributed by atoms with van der Waals surface area (Å²) in [5, 5.41) is 16.4. The number of quaternary nitrogens is 1. The summed E-state index contributed by atoms with van der Waals surface area (Å²) in [7, 11) is 1.76. The van der Waals surface area contributed by atoms with E-state index in [1.807, 2.05) is 26.0 Å². The van der Waals surface area contributed by atoms with Crippen molar-refractivity contribution in [3.8, 4) is 0 Å². The molecule has 0 saturated carbocycles. The van der Waals surface area contributed by atoms with Crippen LogP contribution in [0.3, 0.4) is 0 Å². The van der Waals surface area contributed by atoms with E-state index in [0.29, 0.717) is 5.84 Å². The first-order valence-corrected chi connectivity index (χ1v) is 8.26. The standard InChI is InChI=1S/C18H19F3N5O/c1-10-8-12(9-11(2)22-10)26(3)15(6-7-27)24-18(25-26)23-14-5-4-13(19)16(20)17(14)21/h4-5,8-9,27H,6-7H2,1-3H3,(H,23,25)/q+1. The van der Waals surface area contributed by atoms with Crippen LogP contribution >= 0.6 is 0 Å². The van der Waals surface area contributed by atoms with E-state index in [1.54, 1.807) is 7.05 Å². The van der Waals surface area contributed by atoms with E-state index >= 15 is 0 Å². The molecular weight excluding hydrogens is 359 g/mol. The molecule has 0 aliphatic carbocycles. The Hall–Kier alpha value is -2.78. The van der Waals surface area contributed by atoms with Gasteiger partial charge in [-0.1, -0.05) is 0 Å². The Balaban J connectivity index is 2.02. The van der Waals surface area contributed by atoms with Crippen molar-refractivity contribution in [3.05, 3.63) is 53.1 Å². The molecule has 0 radical (unpaired) electrons. The van der Waals surface area contributed by atoms with Gasteiger partial charge in [0.15, 0.2) is 23.1 Å². The van der Waals surface area contributed by atoms with E-state index in [1.165, 1.54) is 0 Å². The van der Waals surface area contributed by atoms with Crippen molar-refractivity contribution in [1.82, 2.24) is 9.58 Å². The van der Waals surface area contributed by atoms with Gasteiger partial charge in [-0.2, -0.15) is 4.99 Å². The van der Waals surface area contributed by atoms with Crippen LogP contribution in [-0.4, -0.2) is 35.5 Å². The Morgan fingerprint density at radius 3 is 2.37 bits per heavy atom. The van der Waals surface area contributed by atoms with Crippen LogP contribution in [0.15, 0.2) is 34.4 Å². The first-order chi connectivity index (χ1) is 12.7. The van der Waals surface area contributed by atoms with Gasteiger partial charge in [0.25, 0.3) is 5.96 Å². The number of aliphatic hydroxyl groups is 1. The van der Waals surface area contributed by atoms with Crippen LogP contribution in [0.5, 0.6) is 0 Å². The van der Waals surface area contributed by atoms with Crippen molar-refractivity contribution in [3.63, 3.8) is 0 Å². The molecule has 2 aromatic rings. The quantitative estimate of drug-likeness (QED) is 0.634. The highest BCUT2D eigenvalue weighted by Crippen LogP contribution is 2.29. The molecule has 142 valence electrons. The molecule has 9 heteroatoms. The summed E-state index contributed by atoms with van der Waals surface area (Å²) < 4.78 is 40.4. The van der Waals surface area contributed by atoms with Crippen LogP contribution in [0.25, 0.3) is 0 Å². The number of aromatic nitrogens is 1. The second-order valence-corrected chi connectivity index (χ2v) is 6.34.